The molecule has 2 unspecified atom stereocenters. The number of carboxylic acids is 1. The first-order valence-electron chi connectivity index (χ1n) is 11.8. The number of nitrogens with one attached hydrogen (secondary N) is 2. The molecule has 0 saturated heterocycles. The molecule has 2 atom stereocenters. The molecule has 10 nitrogen and oxygen atoms in total. The third-order valence-electron chi connectivity index (χ3n) is 6.54. The first kappa shape index (κ1) is 25.2. The number of fused-ring (bicyclic) bond motifs is 1. The van der Waals surface area contributed by atoms with Crippen molar-refractivity contribution in [2.75, 3.05) is 12.8 Å². The number of allylic oxidation sites excluding steroid dienone is 1. The van der Waals surface area contributed by atoms with Crippen LogP contribution < -0.4 is 21.0 Å². The van der Waals surface area contributed by atoms with Crippen molar-refractivity contribution < 1.29 is 24.0 Å². The van der Waals surface area contributed by atoms with Crippen LogP contribution in [0, 0.1) is 5.92 Å². The highest BCUT2D eigenvalue weighted by Crippen LogP contribution is 2.39. The van der Waals surface area contributed by atoms with Crippen molar-refractivity contribution in [1.29, 1.82) is 0 Å². The minimum absolute atomic E-state index is 0.0933. The van der Waals surface area contributed by atoms with Gasteiger partial charge < -0.3 is 30.8 Å². The van der Waals surface area contributed by atoms with Gasteiger partial charge in [-0.15, -0.1) is 22.7 Å². The Kier molecular flexibility index (Phi) is 7.18. The van der Waals surface area contributed by atoms with Gasteiger partial charge in [0.15, 0.2) is 5.13 Å². The Bertz CT molecular complexity index is 1340. The van der Waals surface area contributed by atoms with Crippen molar-refractivity contribution in [2.45, 2.75) is 38.2 Å². The fourth-order valence-electron chi connectivity index (χ4n) is 4.76. The number of nitrogens with zero attached hydrogens (tertiary/aromatic N) is 2. The second-order valence-electron chi connectivity index (χ2n) is 9.20. The Morgan fingerprint density at radius 1 is 1.30 bits per heavy atom. The van der Waals surface area contributed by atoms with Crippen LogP contribution in [0.5, 0.6) is 5.75 Å². The van der Waals surface area contributed by atoms with Crippen LogP contribution in [0.25, 0.3) is 0 Å². The molecule has 3 heterocycles. The van der Waals surface area contributed by atoms with Crippen LogP contribution in [0.15, 0.2) is 45.7 Å². The lowest BCUT2D eigenvalue weighted by Gasteiger charge is -2.37. The van der Waals surface area contributed by atoms with Gasteiger partial charge in [-0.2, -0.15) is 0 Å². The lowest BCUT2D eigenvalue weighted by molar-refractivity contribution is 0.0693. The number of aromatic nitrogens is 2. The molecule has 3 aromatic rings. The fourth-order valence-corrected chi connectivity index (χ4v) is 5.88. The topological polar surface area (TPSA) is 149 Å². The minimum Gasteiger partial charge on any atom is -0.534 e. The molecule has 0 spiro atoms. The number of hydrogen-bond donors (Lipinski definition) is 4. The Labute approximate surface area is 222 Å². The van der Waals surface area contributed by atoms with Crippen molar-refractivity contribution in [3.63, 3.8) is 0 Å². The molecule has 5 N–H and O–H groups in total. The van der Waals surface area contributed by atoms with Gasteiger partial charge in [0.05, 0.1) is 22.7 Å². The zero-order chi connectivity index (χ0) is 26.1. The van der Waals surface area contributed by atoms with Crippen LogP contribution in [0.2, 0.25) is 0 Å². The second-order valence-corrected chi connectivity index (χ2v) is 10.8. The SMILES string of the molecule is COB1Oc2c(cccc2C(=O)O)CC1NC(=C1CC(C)C1)C(NC(=O)c1cscn1)c1csc(N)n1. The molecule has 1 saturated carbocycles. The molecule has 1 fully saturated rings. The summed E-state index contributed by atoms with van der Waals surface area (Å²) < 4.78 is 11.7. The van der Waals surface area contributed by atoms with Crippen molar-refractivity contribution in [1.82, 2.24) is 20.6 Å². The highest BCUT2D eigenvalue weighted by molar-refractivity contribution is 7.13. The molecule has 5 rings (SSSR count). The number of hydrogen-bond acceptors (Lipinski definition) is 10. The quantitative estimate of drug-likeness (QED) is 0.317. The van der Waals surface area contributed by atoms with Gasteiger partial charge in [0, 0.05) is 23.6 Å². The number of aromatic carboxylic acids is 1. The molecule has 13 heteroatoms. The third kappa shape index (κ3) is 5.20. The van der Waals surface area contributed by atoms with Crippen molar-refractivity contribution in [3.8, 4) is 5.75 Å². The second kappa shape index (κ2) is 10.5. The summed E-state index contributed by atoms with van der Waals surface area (Å²) in [5, 5.41) is 20.2. The summed E-state index contributed by atoms with van der Waals surface area (Å²) in [6.07, 6.45) is 2.21. The van der Waals surface area contributed by atoms with E-state index in [0.29, 0.717) is 34.6 Å². The summed E-state index contributed by atoms with van der Waals surface area (Å²) in [5.74, 6) is -0.899. The average molecular weight is 539 g/mol. The van der Waals surface area contributed by atoms with E-state index >= 15 is 0 Å². The summed E-state index contributed by atoms with van der Waals surface area (Å²) in [4.78, 5) is 33.5. The van der Waals surface area contributed by atoms with Gasteiger partial charge in [-0.1, -0.05) is 19.1 Å². The number of nitrogens with two attached hydrogens (primary N) is 1. The van der Waals surface area contributed by atoms with Gasteiger partial charge in [-0.3, -0.25) is 4.79 Å². The van der Waals surface area contributed by atoms with E-state index in [9.17, 15) is 14.7 Å². The largest absolute Gasteiger partial charge is 0.549 e. The maximum absolute atomic E-state index is 13.1. The van der Waals surface area contributed by atoms with E-state index in [1.165, 1.54) is 41.4 Å². The normalized spacial score (nSPS) is 19.3. The van der Waals surface area contributed by atoms with Gasteiger partial charge in [0.25, 0.3) is 5.91 Å². The maximum Gasteiger partial charge on any atom is 0.549 e. The Hall–Kier alpha value is -3.42. The highest BCUT2D eigenvalue weighted by atomic mass is 32.1. The molecule has 2 aliphatic rings. The molecule has 1 aromatic carbocycles. The van der Waals surface area contributed by atoms with E-state index in [2.05, 4.69) is 27.5 Å². The Balaban J connectivity index is 1.50. The number of carbonyl (C=O) groups excluding carboxylic acids is 1. The minimum atomic E-state index is -1.06. The summed E-state index contributed by atoms with van der Waals surface area (Å²) in [6.45, 7) is 2.18. The molecule has 1 aliphatic heterocycles. The van der Waals surface area contributed by atoms with Crippen LogP contribution in [0.4, 0.5) is 5.13 Å². The number of rotatable bonds is 8. The van der Waals surface area contributed by atoms with Crippen LogP contribution in [0.3, 0.4) is 0 Å². The monoisotopic (exact) mass is 539 g/mol. The number of carboxylic acid groups (broad SMARTS) is 1. The van der Waals surface area contributed by atoms with Crippen LogP contribution in [-0.2, 0) is 11.1 Å². The lowest BCUT2D eigenvalue weighted by atomic mass is 9.70. The van der Waals surface area contributed by atoms with Gasteiger partial charge in [-0.05, 0) is 42.4 Å². The summed E-state index contributed by atoms with van der Waals surface area (Å²) in [5.41, 5.74) is 11.4. The average Bonchev–Trinajstić information content (AvgIpc) is 3.55. The summed E-state index contributed by atoms with van der Waals surface area (Å²) in [6, 6.07) is 4.48. The standard InChI is InChI=1S/C24H26BN5O5S2/c1-12-6-14(7-12)19(20(16-10-37-24(26)28-16)30-22(31)17-9-36-11-27-17)29-18-8-13-4-3-5-15(23(32)33)21(13)35-25(18)34-2/h3-5,9-12,18,20,29H,6-8H2,1-2H3,(H2,26,28)(H,30,31)(H,32,33). The number of nitrogen functional groups attached to an aromatic ring is 1. The molecular formula is C24H26BN5O5S2. The van der Waals surface area contributed by atoms with E-state index < -0.39 is 19.1 Å². The predicted octanol–water partition coefficient (Wildman–Crippen LogP) is 3.30. The molecule has 2 aromatic heterocycles. The number of benzene rings is 1. The molecule has 0 bridgehead atoms. The molecule has 1 aliphatic carbocycles. The van der Waals surface area contributed by atoms with Gasteiger partial charge in [0.2, 0.25) is 0 Å². The molecule has 0 radical (unpaired) electrons. The number of amides is 1. The van der Waals surface area contributed by atoms with E-state index in [-0.39, 0.29) is 17.4 Å². The first-order chi connectivity index (χ1) is 17.8. The Morgan fingerprint density at radius 2 is 2.11 bits per heavy atom. The molecule has 1 amide bonds. The summed E-state index contributed by atoms with van der Waals surface area (Å²) in [7, 11) is 0.769. The van der Waals surface area contributed by atoms with E-state index in [0.717, 1.165) is 24.1 Å². The zero-order valence-corrected chi connectivity index (χ0v) is 21.9. The van der Waals surface area contributed by atoms with Crippen molar-refractivity contribution in [2.24, 2.45) is 5.92 Å². The molecule has 37 heavy (non-hydrogen) atoms. The van der Waals surface area contributed by atoms with E-state index in [1.54, 1.807) is 17.0 Å². The van der Waals surface area contributed by atoms with Crippen LogP contribution in [-0.4, -0.2) is 47.1 Å². The third-order valence-corrected chi connectivity index (χ3v) is 7.82. The van der Waals surface area contributed by atoms with Crippen molar-refractivity contribution in [3.05, 3.63) is 68.3 Å². The van der Waals surface area contributed by atoms with Crippen LogP contribution >= 0.6 is 22.7 Å². The van der Waals surface area contributed by atoms with Gasteiger partial charge >= 0.3 is 13.1 Å². The summed E-state index contributed by atoms with van der Waals surface area (Å²) >= 11 is 2.65. The van der Waals surface area contributed by atoms with Crippen LogP contribution in [0.1, 0.15) is 57.9 Å². The zero-order valence-electron chi connectivity index (χ0n) is 20.3. The lowest BCUT2D eigenvalue weighted by Crippen LogP contribution is -2.54. The number of anilines is 1. The van der Waals surface area contributed by atoms with Gasteiger partial charge in [0.1, 0.15) is 17.5 Å². The fraction of sp³-hybridized carbons (Fsp3) is 0.333. The maximum atomic E-state index is 13.1. The highest BCUT2D eigenvalue weighted by Gasteiger charge is 2.41. The van der Waals surface area contributed by atoms with E-state index in [1.807, 2.05) is 11.4 Å². The molecule has 192 valence electrons. The first-order valence-corrected chi connectivity index (χ1v) is 13.6. The molecular weight excluding hydrogens is 513 g/mol. The van der Waals surface area contributed by atoms with E-state index in [4.69, 9.17) is 15.0 Å². The van der Waals surface area contributed by atoms with Gasteiger partial charge in [-0.25, -0.2) is 14.8 Å². The number of para-hydroxylation sites is 1. The number of thiazole rings is 2. The smallest absolute Gasteiger partial charge is 0.534 e. The number of carbonyl (C=O) groups is 2. The Morgan fingerprint density at radius 3 is 2.73 bits per heavy atom. The predicted molar refractivity (Wildman–Crippen MR) is 142 cm³/mol. The van der Waals surface area contributed by atoms with Crippen molar-refractivity contribution >= 4 is 46.8 Å².